The van der Waals surface area contributed by atoms with Gasteiger partial charge in [-0.25, -0.2) is 4.79 Å². The number of nitrogens with zero attached hydrogens (tertiary/aromatic N) is 2. The Kier molecular flexibility index (Phi) is 4.66. The minimum atomic E-state index is -0.495. The summed E-state index contributed by atoms with van der Waals surface area (Å²) >= 11 is 4.31. The summed E-state index contributed by atoms with van der Waals surface area (Å²) in [6.45, 7) is 3.79. The standard InChI is InChI=1S/C15H15N3O2S/c1-3-20-15(19)12-9(2)18-14(21)11(8-16)13(12)10-4-6-17-7-5-10/h4-7,13,18,21H,3H2,1-2H3. The van der Waals surface area contributed by atoms with Gasteiger partial charge in [0, 0.05) is 18.1 Å². The second-order valence-corrected chi connectivity index (χ2v) is 4.92. The van der Waals surface area contributed by atoms with E-state index in [1.165, 1.54) is 0 Å². The monoisotopic (exact) mass is 301 g/mol. The summed E-state index contributed by atoms with van der Waals surface area (Å²) in [6.07, 6.45) is 3.26. The Balaban J connectivity index is 2.58. The molecule has 2 rings (SSSR count). The molecule has 1 aromatic rings. The maximum Gasteiger partial charge on any atom is 0.336 e. The molecule has 0 saturated carbocycles. The van der Waals surface area contributed by atoms with Crippen molar-refractivity contribution in [3.63, 3.8) is 0 Å². The van der Waals surface area contributed by atoms with Gasteiger partial charge >= 0.3 is 5.97 Å². The molecule has 0 amide bonds. The second kappa shape index (κ2) is 6.46. The van der Waals surface area contributed by atoms with E-state index in [-0.39, 0.29) is 6.61 Å². The van der Waals surface area contributed by atoms with Crippen LogP contribution in [0.1, 0.15) is 25.3 Å². The van der Waals surface area contributed by atoms with Crippen molar-refractivity contribution in [2.24, 2.45) is 0 Å². The van der Waals surface area contributed by atoms with Gasteiger partial charge in [0.1, 0.15) is 0 Å². The first kappa shape index (κ1) is 15.1. The number of esters is 1. The molecule has 1 unspecified atom stereocenters. The van der Waals surface area contributed by atoms with Crippen LogP contribution in [0.4, 0.5) is 0 Å². The normalized spacial score (nSPS) is 18.1. The quantitative estimate of drug-likeness (QED) is 0.661. The van der Waals surface area contributed by atoms with E-state index in [1.807, 2.05) is 0 Å². The highest BCUT2D eigenvalue weighted by atomic mass is 32.1. The van der Waals surface area contributed by atoms with E-state index >= 15 is 0 Å². The van der Waals surface area contributed by atoms with Crippen LogP contribution in [0.3, 0.4) is 0 Å². The number of aromatic nitrogens is 1. The summed E-state index contributed by atoms with van der Waals surface area (Å²) in [4.78, 5) is 16.2. The molecule has 0 saturated heterocycles. The van der Waals surface area contributed by atoms with Gasteiger partial charge in [0.15, 0.2) is 0 Å². The number of nitriles is 1. The third kappa shape index (κ3) is 2.93. The van der Waals surface area contributed by atoms with Crippen LogP contribution in [-0.2, 0) is 9.53 Å². The van der Waals surface area contributed by atoms with Crippen LogP contribution in [0.2, 0.25) is 0 Å². The fraction of sp³-hybridized carbons (Fsp3) is 0.267. The van der Waals surface area contributed by atoms with Crippen LogP contribution >= 0.6 is 12.6 Å². The SMILES string of the molecule is CCOC(=O)C1=C(C)NC(S)=C(C#N)C1c1ccncc1. The highest BCUT2D eigenvalue weighted by Crippen LogP contribution is 2.38. The molecule has 0 fully saturated rings. The Labute approximate surface area is 128 Å². The van der Waals surface area contributed by atoms with Gasteiger partial charge in [0.05, 0.1) is 34.8 Å². The second-order valence-electron chi connectivity index (χ2n) is 4.47. The van der Waals surface area contributed by atoms with Gasteiger partial charge in [-0.3, -0.25) is 4.98 Å². The molecule has 0 aromatic carbocycles. The molecule has 1 N–H and O–H groups in total. The zero-order valence-corrected chi connectivity index (χ0v) is 12.6. The van der Waals surface area contributed by atoms with E-state index in [0.29, 0.717) is 21.9 Å². The smallest absolute Gasteiger partial charge is 0.336 e. The number of hydrogen-bond acceptors (Lipinski definition) is 6. The van der Waals surface area contributed by atoms with E-state index in [1.54, 1.807) is 38.4 Å². The molecule has 21 heavy (non-hydrogen) atoms. The molecular formula is C15H15N3O2S. The fourth-order valence-electron chi connectivity index (χ4n) is 2.30. The number of ether oxygens (including phenoxy) is 1. The van der Waals surface area contributed by atoms with E-state index in [4.69, 9.17) is 4.74 Å². The number of dihydropyridines is 1. The lowest BCUT2D eigenvalue weighted by molar-refractivity contribution is -0.138. The third-order valence-corrected chi connectivity index (χ3v) is 3.55. The summed E-state index contributed by atoms with van der Waals surface area (Å²) < 4.78 is 5.12. The van der Waals surface area contributed by atoms with E-state index in [9.17, 15) is 10.1 Å². The van der Waals surface area contributed by atoms with Crippen molar-refractivity contribution in [1.29, 1.82) is 5.26 Å². The average Bonchev–Trinajstić information content (AvgIpc) is 2.47. The topological polar surface area (TPSA) is 75.0 Å². The zero-order valence-electron chi connectivity index (χ0n) is 11.8. The van der Waals surface area contributed by atoms with Crippen LogP contribution in [0.15, 0.2) is 46.4 Å². The zero-order chi connectivity index (χ0) is 15.4. The number of allylic oxidation sites excluding steroid dienone is 2. The van der Waals surface area contributed by atoms with Crippen LogP contribution in [0, 0.1) is 11.3 Å². The maximum absolute atomic E-state index is 12.3. The van der Waals surface area contributed by atoms with Crippen molar-refractivity contribution in [3.8, 4) is 6.07 Å². The first-order valence-electron chi connectivity index (χ1n) is 6.48. The molecule has 6 heteroatoms. The molecule has 1 aliphatic heterocycles. The summed E-state index contributed by atoms with van der Waals surface area (Å²) in [5.41, 5.74) is 2.26. The van der Waals surface area contributed by atoms with E-state index in [0.717, 1.165) is 5.56 Å². The summed E-state index contributed by atoms with van der Waals surface area (Å²) in [5.74, 6) is -0.927. The number of nitrogens with one attached hydrogen (secondary N) is 1. The Morgan fingerprint density at radius 2 is 2.19 bits per heavy atom. The molecule has 0 aliphatic carbocycles. The predicted octanol–water partition coefficient (Wildman–Crippen LogP) is 2.27. The molecule has 0 radical (unpaired) electrons. The molecule has 2 heterocycles. The molecule has 5 nitrogen and oxygen atoms in total. The van der Waals surface area contributed by atoms with Crippen molar-refractivity contribution >= 4 is 18.6 Å². The van der Waals surface area contributed by atoms with Crippen LogP contribution in [0.5, 0.6) is 0 Å². The summed E-state index contributed by atoms with van der Waals surface area (Å²) in [7, 11) is 0. The first-order valence-corrected chi connectivity index (χ1v) is 6.92. The summed E-state index contributed by atoms with van der Waals surface area (Å²) in [6, 6.07) is 5.69. The number of thiol groups is 1. The molecule has 0 bridgehead atoms. The number of rotatable bonds is 3. The van der Waals surface area contributed by atoms with Gasteiger partial charge in [0.2, 0.25) is 0 Å². The largest absolute Gasteiger partial charge is 0.463 e. The number of carbonyl (C=O) groups excluding carboxylic acids is 1. The lowest BCUT2D eigenvalue weighted by Gasteiger charge is -2.27. The van der Waals surface area contributed by atoms with Crippen molar-refractivity contribution in [3.05, 3.63) is 52.0 Å². The first-order chi connectivity index (χ1) is 10.1. The highest BCUT2D eigenvalue weighted by Gasteiger charge is 2.34. The van der Waals surface area contributed by atoms with Crippen molar-refractivity contribution in [2.75, 3.05) is 6.61 Å². The van der Waals surface area contributed by atoms with Crippen molar-refractivity contribution in [2.45, 2.75) is 19.8 Å². The van der Waals surface area contributed by atoms with Crippen LogP contribution < -0.4 is 5.32 Å². The van der Waals surface area contributed by atoms with Crippen molar-refractivity contribution in [1.82, 2.24) is 10.3 Å². The van der Waals surface area contributed by atoms with Gasteiger partial charge < -0.3 is 10.1 Å². The molecule has 1 aromatic heterocycles. The van der Waals surface area contributed by atoms with Gasteiger partial charge in [-0.2, -0.15) is 5.26 Å². The van der Waals surface area contributed by atoms with Gasteiger partial charge in [-0.05, 0) is 31.5 Å². The Hall–Kier alpha value is -2.26. The minimum absolute atomic E-state index is 0.276. The minimum Gasteiger partial charge on any atom is -0.463 e. The molecule has 1 aliphatic rings. The van der Waals surface area contributed by atoms with Gasteiger partial charge in [0.25, 0.3) is 0 Å². The lowest BCUT2D eigenvalue weighted by atomic mass is 9.83. The van der Waals surface area contributed by atoms with Crippen LogP contribution in [-0.4, -0.2) is 17.6 Å². The van der Waals surface area contributed by atoms with Gasteiger partial charge in [-0.15, -0.1) is 12.6 Å². The molecule has 108 valence electrons. The van der Waals surface area contributed by atoms with E-state index < -0.39 is 11.9 Å². The Bertz CT molecular complexity index is 659. The Morgan fingerprint density at radius 1 is 1.52 bits per heavy atom. The van der Waals surface area contributed by atoms with E-state index in [2.05, 4.69) is 29.0 Å². The lowest BCUT2D eigenvalue weighted by Crippen LogP contribution is -2.28. The highest BCUT2D eigenvalue weighted by molar-refractivity contribution is 7.84. The average molecular weight is 301 g/mol. The third-order valence-electron chi connectivity index (χ3n) is 3.20. The van der Waals surface area contributed by atoms with Crippen LogP contribution in [0.25, 0.3) is 0 Å². The Morgan fingerprint density at radius 3 is 2.76 bits per heavy atom. The molecule has 0 spiro atoms. The molecular weight excluding hydrogens is 286 g/mol. The number of hydrogen-bond donors (Lipinski definition) is 2. The molecule has 1 atom stereocenters. The maximum atomic E-state index is 12.3. The summed E-state index contributed by atoms with van der Waals surface area (Å²) in [5, 5.41) is 12.8. The fourth-order valence-corrected chi connectivity index (χ4v) is 2.64. The van der Waals surface area contributed by atoms with Gasteiger partial charge in [-0.1, -0.05) is 0 Å². The number of carbonyl (C=O) groups is 1. The van der Waals surface area contributed by atoms with Crippen molar-refractivity contribution < 1.29 is 9.53 Å². The predicted molar refractivity (Wildman–Crippen MR) is 81.1 cm³/mol. The number of pyridine rings is 1.